The standard InChI is InChI=1S/C15H11BrN4/c16-12-7-11(8-18-9-12)10-20-14-4-2-1-3-13(14)19-15(20)5-6-17/h1-4,7-9H,5,10H2. The molecule has 0 aliphatic carbocycles. The fourth-order valence-corrected chi connectivity index (χ4v) is 2.64. The normalized spacial score (nSPS) is 10.6. The number of benzene rings is 1. The van der Waals surface area contributed by atoms with Crippen LogP contribution < -0.4 is 0 Å². The van der Waals surface area contributed by atoms with Gasteiger partial charge in [0.2, 0.25) is 0 Å². The van der Waals surface area contributed by atoms with Gasteiger partial charge in [-0.15, -0.1) is 0 Å². The van der Waals surface area contributed by atoms with E-state index in [1.807, 2.05) is 36.5 Å². The Labute approximate surface area is 124 Å². The molecule has 3 aromatic rings. The summed E-state index contributed by atoms with van der Waals surface area (Å²) >= 11 is 3.43. The highest BCUT2D eigenvalue weighted by atomic mass is 79.9. The summed E-state index contributed by atoms with van der Waals surface area (Å²) in [5, 5.41) is 8.96. The van der Waals surface area contributed by atoms with E-state index in [1.54, 1.807) is 6.20 Å². The molecule has 0 bridgehead atoms. The summed E-state index contributed by atoms with van der Waals surface area (Å²) in [5.74, 6) is 0.786. The molecular formula is C15H11BrN4. The van der Waals surface area contributed by atoms with Crippen molar-refractivity contribution in [3.8, 4) is 6.07 Å². The second-order valence-electron chi connectivity index (χ2n) is 4.45. The van der Waals surface area contributed by atoms with Gasteiger partial charge >= 0.3 is 0 Å². The first-order valence-corrected chi connectivity index (χ1v) is 6.98. The Balaban J connectivity index is 2.09. The summed E-state index contributed by atoms with van der Waals surface area (Å²) in [4.78, 5) is 8.70. The lowest BCUT2D eigenvalue weighted by Crippen LogP contribution is -2.05. The number of hydrogen-bond donors (Lipinski definition) is 0. The molecule has 0 radical (unpaired) electrons. The first kappa shape index (κ1) is 12.8. The van der Waals surface area contributed by atoms with Crippen LogP contribution in [0.15, 0.2) is 47.2 Å². The minimum atomic E-state index is 0.302. The van der Waals surface area contributed by atoms with E-state index in [0.717, 1.165) is 26.9 Å². The van der Waals surface area contributed by atoms with E-state index >= 15 is 0 Å². The van der Waals surface area contributed by atoms with Crippen LogP contribution in [0, 0.1) is 11.3 Å². The number of para-hydroxylation sites is 2. The highest BCUT2D eigenvalue weighted by molar-refractivity contribution is 9.10. The maximum Gasteiger partial charge on any atom is 0.124 e. The van der Waals surface area contributed by atoms with Crippen molar-refractivity contribution in [2.75, 3.05) is 0 Å². The van der Waals surface area contributed by atoms with Crippen LogP contribution in [0.1, 0.15) is 11.4 Å². The number of hydrogen-bond acceptors (Lipinski definition) is 3. The molecule has 2 heterocycles. The number of rotatable bonds is 3. The van der Waals surface area contributed by atoms with Crippen LogP contribution in [0.2, 0.25) is 0 Å². The van der Waals surface area contributed by atoms with E-state index in [4.69, 9.17) is 5.26 Å². The molecule has 0 aliphatic rings. The van der Waals surface area contributed by atoms with Crippen molar-refractivity contribution in [2.45, 2.75) is 13.0 Å². The molecule has 98 valence electrons. The van der Waals surface area contributed by atoms with Crippen LogP contribution in [-0.4, -0.2) is 14.5 Å². The number of aromatic nitrogens is 3. The van der Waals surface area contributed by atoms with E-state index in [-0.39, 0.29) is 0 Å². The zero-order valence-electron chi connectivity index (χ0n) is 10.6. The molecule has 0 unspecified atom stereocenters. The summed E-state index contributed by atoms with van der Waals surface area (Å²) in [6.07, 6.45) is 3.89. The summed E-state index contributed by atoms with van der Waals surface area (Å²) < 4.78 is 3.02. The van der Waals surface area contributed by atoms with Gasteiger partial charge in [0.15, 0.2) is 0 Å². The third-order valence-corrected chi connectivity index (χ3v) is 3.51. The Bertz CT molecular complexity index is 801. The van der Waals surface area contributed by atoms with Crippen molar-refractivity contribution in [3.05, 3.63) is 58.6 Å². The van der Waals surface area contributed by atoms with Gasteiger partial charge in [-0.05, 0) is 39.7 Å². The number of halogens is 1. The van der Waals surface area contributed by atoms with Gasteiger partial charge in [0.25, 0.3) is 0 Å². The lowest BCUT2D eigenvalue weighted by molar-refractivity contribution is 0.766. The quantitative estimate of drug-likeness (QED) is 0.742. The third kappa shape index (κ3) is 2.43. The van der Waals surface area contributed by atoms with Crippen LogP contribution in [0.25, 0.3) is 11.0 Å². The molecule has 3 rings (SSSR count). The van der Waals surface area contributed by atoms with Crippen LogP contribution >= 0.6 is 15.9 Å². The predicted molar refractivity (Wildman–Crippen MR) is 80.1 cm³/mol. The largest absolute Gasteiger partial charge is 0.323 e. The van der Waals surface area contributed by atoms with E-state index in [2.05, 4.69) is 36.5 Å². The number of nitrogens with zero attached hydrogens (tertiary/aromatic N) is 4. The summed E-state index contributed by atoms with van der Waals surface area (Å²) in [7, 11) is 0. The van der Waals surface area contributed by atoms with E-state index in [0.29, 0.717) is 13.0 Å². The molecule has 4 nitrogen and oxygen atoms in total. The SMILES string of the molecule is N#CCc1nc2ccccc2n1Cc1cncc(Br)c1. The minimum absolute atomic E-state index is 0.302. The van der Waals surface area contributed by atoms with Crippen molar-refractivity contribution < 1.29 is 0 Å². The van der Waals surface area contributed by atoms with Gasteiger partial charge in [0.05, 0.1) is 30.1 Å². The van der Waals surface area contributed by atoms with Crippen LogP contribution in [0.3, 0.4) is 0 Å². The predicted octanol–water partition coefficient (Wildman–Crippen LogP) is 3.31. The average molecular weight is 327 g/mol. The average Bonchev–Trinajstić information content (AvgIpc) is 2.78. The fraction of sp³-hybridized carbons (Fsp3) is 0.133. The van der Waals surface area contributed by atoms with Gasteiger partial charge < -0.3 is 4.57 Å². The fourth-order valence-electron chi connectivity index (χ4n) is 2.23. The van der Waals surface area contributed by atoms with Crippen molar-refractivity contribution in [1.29, 1.82) is 5.26 Å². The number of pyridine rings is 1. The topological polar surface area (TPSA) is 54.5 Å². The van der Waals surface area contributed by atoms with E-state index in [1.165, 1.54) is 0 Å². The molecule has 0 atom stereocenters. The van der Waals surface area contributed by atoms with Gasteiger partial charge in [-0.1, -0.05) is 12.1 Å². The molecule has 1 aromatic carbocycles. The van der Waals surface area contributed by atoms with E-state index in [9.17, 15) is 0 Å². The molecule has 0 aliphatic heterocycles. The highest BCUT2D eigenvalue weighted by Gasteiger charge is 2.10. The Morgan fingerprint density at radius 1 is 1.25 bits per heavy atom. The first-order valence-electron chi connectivity index (χ1n) is 6.18. The number of fused-ring (bicyclic) bond motifs is 1. The van der Waals surface area contributed by atoms with Crippen LogP contribution in [0.5, 0.6) is 0 Å². The van der Waals surface area contributed by atoms with Crippen LogP contribution in [-0.2, 0) is 13.0 Å². The molecule has 0 spiro atoms. The van der Waals surface area contributed by atoms with E-state index < -0.39 is 0 Å². The van der Waals surface area contributed by atoms with Gasteiger partial charge in [-0.3, -0.25) is 4.98 Å². The monoisotopic (exact) mass is 326 g/mol. The summed E-state index contributed by atoms with van der Waals surface area (Å²) in [6, 6.07) is 12.1. The molecule has 0 N–H and O–H groups in total. The lowest BCUT2D eigenvalue weighted by atomic mass is 10.2. The highest BCUT2D eigenvalue weighted by Crippen LogP contribution is 2.19. The zero-order chi connectivity index (χ0) is 13.9. The smallest absolute Gasteiger partial charge is 0.124 e. The Kier molecular flexibility index (Phi) is 3.48. The Morgan fingerprint density at radius 2 is 2.10 bits per heavy atom. The molecule has 0 fully saturated rings. The van der Waals surface area contributed by atoms with Crippen molar-refractivity contribution in [1.82, 2.24) is 14.5 Å². The lowest BCUT2D eigenvalue weighted by Gasteiger charge is -2.07. The Hall–Kier alpha value is -2.19. The van der Waals surface area contributed by atoms with Gasteiger partial charge in [-0.2, -0.15) is 5.26 Å². The molecular weight excluding hydrogens is 316 g/mol. The number of imidazole rings is 1. The molecule has 2 aromatic heterocycles. The first-order chi connectivity index (χ1) is 9.78. The van der Waals surface area contributed by atoms with Gasteiger partial charge in [0.1, 0.15) is 5.82 Å². The maximum atomic E-state index is 8.96. The van der Waals surface area contributed by atoms with Crippen molar-refractivity contribution in [2.24, 2.45) is 0 Å². The van der Waals surface area contributed by atoms with Gasteiger partial charge in [-0.25, -0.2) is 4.98 Å². The molecule has 0 saturated heterocycles. The second-order valence-corrected chi connectivity index (χ2v) is 5.36. The van der Waals surface area contributed by atoms with Gasteiger partial charge in [0, 0.05) is 16.9 Å². The maximum absolute atomic E-state index is 8.96. The summed E-state index contributed by atoms with van der Waals surface area (Å²) in [5.41, 5.74) is 3.03. The van der Waals surface area contributed by atoms with Crippen molar-refractivity contribution in [3.63, 3.8) is 0 Å². The molecule has 20 heavy (non-hydrogen) atoms. The zero-order valence-corrected chi connectivity index (χ0v) is 12.2. The third-order valence-electron chi connectivity index (χ3n) is 3.07. The molecule has 0 amide bonds. The number of nitriles is 1. The summed E-state index contributed by atoms with van der Waals surface area (Å²) in [6.45, 7) is 0.657. The second kappa shape index (κ2) is 5.43. The Morgan fingerprint density at radius 3 is 2.90 bits per heavy atom. The minimum Gasteiger partial charge on any atom is -0.323 e. The molecule has 0 saturated carbocycles. The van der Waals surface area contributed by atoms with Crippen LogP contribution in [0.4, 0.5) is 0 Å². The van der Waals surface area contributed by atoms with Crippen molar-refractivity contribution >= 4 is 27.0 Å². The molecule has 5 heteroatoms.